The van der Waals surface area contributed by atoms with Gasteiger partial charge >= 0.3 is 0 Å². The second-order valence-corrected chi connectivity index (χ2v) is 6.15. The van der Waals surface area contributed by atoms with Crippen molar-refractivity contribution in [3.63, 3.8) is 0 Å². The molecule has 2 aliphatic carbocycles. The van der Waals surface area contributed by atoms with Crippen molar-refractivity contribution in [3.05, 3.63) is 24.4 Å². The number of hydrogen-bond donors (Lipinski definition) is 1. The predicted octanol–water partition coefficient (Wildman–Crippen LogP) is 3.48. The average molecular weight is 245 g/mol. The molecule has 2 bridgehead atoms. The highest BCUT2D eigenvalue weighted by Crippen LogP contribution is 2.45. The molecule has 1 fully saturated rings. The van der Waals surface area contributed by atoms with Gasteiger partial charge in [-0.1, -0.05) is 12.2 Å². The first-order valence-electron chi connectivity index (χ1n) is 7.13. The van der Waals surface area contributed by atoms with Gasteiger partial charge in [0, 0.05) is 24.3 Å². The van der Waals surface area contributed by atoms with Gasteiger partial charge in [-0.25, -0.2) is 0 Å². The van der Waals surface area contributed by atoms with E-state index in [9.17, 15) is 0 Å². The van der Waals surface area contributed by atoms with Crippen LogP contribution >= 0.6 is 0 Å². The highest BCUT2D eigenvalue weighted by molar-refractivity contribution is 5.34. The monoisotopic (exact) mass is 245 g/mol. The number of anilines is 1. The molecule has 0 aromatic carbocycles. The molecular weight excluding hydrogens is 222 g/mol. The summed E-state index contributed by atoms with van der Waals surface area (Å²) in [4.78, 5) is 0. The third-order valence-corrected chi connectivity index (χ3v) is 4.49. The Balaban J connectivity index is 1.63. The van der Waals surface area contributed by atoms with Crippen molar-refractivity contribution in [1.82, 2.24) is 9.78 Å². The number of fused-ring (bicyclic) bond motifs is 2. The van der Waals surface area contributed by atoms with E-state index in [1.165, 1.54) is 12.8 Å². The minimum atomic E-state index is 0.432. The lowest BCUT2D eigenvalue weighted by molar-refractivity contribution is 0.398. The molecule has 1 N–H and O–H groups in total. The Morgan fingerprint density at radius 1 is 1.28 bits per heavy atom. The van der Waals surface area contributed by atoms with Crippen LogP contribution in [-0.4, -0.2) is 15.8 Å². The fraction of sp³-hybridized carbons (Fsp3) is 0.667. The lowest BCUT2D eigenvalue weighted by Gasteiger charge is -2.26. The van der Waals surface area contributed by atoms with Crippen LogP contribution in [0.15, 0.2) is 24.4 Å². The smallest absolute Gasteiger partial charge is 0.148 e. The standard InChI is InChI=1S/C15H23N3/c1-10(2)18-7-6-15(17-18)16-11(3)14-9-12-4-5-13(14)8-12/h4-7,10-14H,8-9H2,1-3H3,(H,16,17). The van der Waals surface area contributed by atoms with Gasteiger partial charge in [-0.15, -0.1) is 0 Å². The summed E-state index contributed by atoms with van der Waals surface area (Å²) in [6.07, 6.45) is 9.60. The summed E-state index contributed by atoms with van der Waals surface area (Å²) >= 11 is 0. The molecular formula is C15H23N3. The summed E-state index contributed by atoms with van der Waals surface area (Å²) < 4.78 is 2.01. The fourth-order valence-corrected chi connectivity index (χ4v) is 3.44. The molecule has 1 saturated carbocycles. The number of rotatable bonds is 4. The van der Waals surface area contributed by atoms with Crippen molar-refractivity contribution < 1.29 is 0 Å². The van der Waals surface area contributed by atoms with Gasteiger partial charge in [0.15, 0.2) is 0 Å². The maximum absolute atomic E-state index is 4.57. The minimum absolute atomic E-state index is 0.432. The third kappa shape index (κ3) is 2.06. The molecule has 0 amide bonds. The molecule has 3 heteroatoms. The Kier molecular flexibility index (Phi) is 2.92. The van der Waals surface area contributed by atoms with Crippen molar-refractivity contribution in [2.24, 2.45) is 17.8 Å². The van der Waals surface area contributed by atoms with Crippen molar-refractivity contribution in [1.29, 1.82) is 0 Å². The molecule has 0 aliphatic heterocycles. The lowest BCUT2D eigenvalue weighted by Crippen LogP contribution is -2.29. The van der Waals surface area contributed by atoms with Crippen LogP contribution < -0.4 is 5.32 Å². The number of hydrogen-bond acceptors (Lipinski definition) is 2. The second-order valence-electron chi connectivity index (χ2n) is 6.15. The molecule has 1 aromatic rings. The first-order chi connectivity index (χ1) is 8.63. The first-order valence-corrected chi connectivity index (χ1v) is 7.13. The van der Waals surface area contributed by atoms with E-state index in [2.05, 4.69) is 55.6 Å². The highest BCUT2D eigenvalue weighted by Gasteiger charge is 2.38. The number of nitrogens with one attached hydrogen (secondary N) is 1. The Morgan fingerprint density at radius 2 is 2.11 bits per heavy atom. The predicted molar refractivity (Wildman–Crippen MR) is 74.5 cm³/mol. The summed E-state index contributed by atoms with van der Waals surface area (Å²) in [5, 5.41) is 8.15. The second kappa shape index (κ2) is 4.45. The van der Waals surface area contributed by atoms with Crippen molar-refractivity contribution in [2.75, 3.05) is 5.32 Å². The number of aromatic nitrogens is 2. The highest BCUT2D eigenvalue weighted by atomic mass is 15.3. The SMILES string of the molecule is CC(Nc1ccn(C(C)C)n1)C1CC2C=CC1C2. The van der Waals surface area contributed by atoms with E-state index in [1.807, 2.05) is 4.68 Å². The van der Waals surface area contributed by atoms with E-state index in [4.69, 9.17) is 0 Å². The van der Waals surface area contributed by atoms with Gasteiger partial charge in [0.25, 0.3) is 0 Å². The zero-order valence-corrected chi connectivity index (χ0v) is 11.5. The molecule has 0 saturated heterocycles. The van der Waals surface area contributed by atoms with E-state index in [0.717, 1.165) is 23.6 Å². The van der Waals surface area contributed by atoms with Gasteiger partial charge in [0.1, 0.15) is 5.82 Å². The maximum Gasteiger partial charge on any atom is 0.148 e. The van der Waals surface area contributed by atoms with Crippen LogP contribution in [-0.2, 0) is 0 Å². The Hall–Kier alpha value is -1.25. The van der Waals surface area contributed by atoms with E-state index < -0.39 is 0 Å². The maximum atomic E-state index is 4.57. The summed E-state index contributed by atoms with van der Waals surface area (Å²) in [5.74, 6) is 3.44. The fourth-order valence-electron chi connectivity index (χ4n) is 3.44. The summed E-state index contributed by atoms with van der Waals surface area (Å²) in [6, 6.07) is 3.03. The van der Waals surface area contributed by atoms with Crippen LogP contribution in [0.3, 0.4) is 0 Å². The normalized spacial score (nSPS) is 31.2. The zero-order chi connectivity index (χ0) is 12.7. The molecule has 3 rings (SSSR count). The van der Waals surface area contributed by atoms with Gasteiger partial charge in [0.05, 0.1) is 0 Å². The molecule has 4 atom stereocenters. The third-order valence-electron chi connectivity index (χ3n) is 4.49. The quantitative estimate of drug-likeness (QED) is 0.823. The van der Waals surface area contributed by atoms with Crippen molar-refractivity contribution >= 4 is 5.82 Å². The summed E-state index contributed by atoms with van der Waals surface area (Å²) in [5.41, 5.74) is 0. The largest absolute Gasteiger partial charge is 0.366 e. The average Bonchev–Trinajstić information content (AvgIpc) is 3.03. The molecule has 4 unspecified atom stereocenters. The number of allylic oxidation sites excluding steroid dienone is 2. The van der Waals surface area contributed by atoms with Crippen molar-refractivity contribution in [3.8, 4) is 0 Å². The summed E-state index contributed by atoms with van der Waals surface area (Å²) in [6.45, 7) is 6.61. The van der Waals surface area contributed by atoms with E-state index in [0.29, 0.717) is 12.1 Å². The first kappa shape index (κ1) is 11.8. The van der Waals surface area contributed by atoms with Gasteiger partial charge in [-0.2, -0.15) is 5.10 Å². The van der Waals surface area contributed by atoms with Gasteiger partial charge < -0.3 is 5.32 Å². The molecule has 0 spiro atoms. The molecule has 18 heavy (non-hydrogen) atoms. The van der Waals surface area contributed by atoms with Gasteiger partial charge in [-0.3, -0.25) is 4.68 Å². The molecule has 1 heterocycles. The Bertz CT molecular complexity index is 446. The van der Waals surface area contributed by atoms with Crippen LogP contribution in [0.25, 0.3) is 0 Å². The molecule has 3 nitrogen and oxygen atoms in total. The minimum Gasteiger partial charge on any atom is -0.366 e. The molecule has 2 aliphatic rings. The van der Waals surface area contributed by atoms with Crippen LogP contribution in [0.1, 0.15) is 39.7 Å². The Morgan fingerprint density at radius 3 is 2.67 bits per heavy atom. The van der Waals surface area contributed by atoms with E-state index in [1.54, 1.807) is 0 Å². The molecule has 98 valence electrons. The lowest BCUT2D eigenvalue weighted by atomic mass is 9.87. The van der Waals surface area contributed by atoms with E-state index in [-0.39, 0.29) is 0 Å². The van der Waals surface area contributed by atoms with Crippen molar-refractivity contribution in [2.45, 2.75) is 45.7 Å². The zero-order valence-electron chi connectivity index (χ0n) is 11.5. The molecule has 0 radical (unpaired) electrons. The van der Waals surface area contributed by atoms with Crippen LogP contribution in [0.5, 0.6) is 0 Å². The van der Waals surface area contributed by atoms with Crippen LogP contribution in [0, 0.1) is 17.8 Å². The van der Waals surface area contributed by atoms with Gasteiger partial charge in [0.2, 0.25) is 0 Å². The van der Waals surface area contributed by atoms with Crippen LogP contribution in [0.4, 0.5) is 5.82 Å². The topological polar surface area (TPSA) is 29.9 Å². The number of nitrogens with zero attached hydrogens (tertiary/aromatic N) is 2. The van der Waals surface area contributed by atoms with Gasteiger partial charge in [-0.05, 0) is 51.4 Å². The molecule has 1 aromatic heterocycles. The van der Waals surface area contributed by atoms with Crippen LogP contribution in [0.2, 0.25) is 0 Å². The Labute approximate surface area is 109 Å². The summed E-state index contributed by atoms with van der Waals surface area (Å²) in [7, 11) is 0. The van der Waals surface area contributed by atoms with E-state index >= 15 is 0 Å².